The Kier molecular flexibility index (Phi) is 3.12. The monoisotopic (exact) mass is 285 g/mol. The molecular weight excluding hydrogens is 271 g/mol. The van der Waals surface area contributed by atoms with Gasteiger partial charge in [-0.1, -0.05) is 6.07 Å². The van der Waals surface area contributed by atoms with Gasteiger partial charge in [0.1, 0.15) is 17.1 Å². The molecule has 3 nitrogen and oxygen atoms in total. The lowest BCUT2D eigenvalue weighted by Gasteiger charge is -2.38. The molecule has 20 heavy (non-hydrogen) atoms. The molecule has 1 saturated heterocycles. The topological polar surface area (TPSA) is 30.5 Å². The van der Waals surface area contributed by atoms with Crippen molar-refractivity contribution in [2.24, 2.45) is 0 Å². The Morgan fingerprint density at radius 3 is 2.65 bits per heavy atom. The van der Waals surface area contributed by atoms with Crippen LogP contribution in [0.2, 0.25) is 0 Å². The number of alkyl halides is 3. The van der Waals surface area contributed by atoms with Crippen molar-refractivity contribution in [2.75, 3.05) is 13.1 Å². The van der Waals surface area contributed by atoms with Crippen molar-refractivity contribution in [3.8, 4) is 11.5 Å². The van der Waals surface area contributed by atoms with E-state index in [1.54, 1.807) is 12.1 Å². The van der Waals surface area contributed by atoms with E-state index in [0.29, 0.717) is 11.3 Å². The van der Waals surface area contributed by atoms with Crippen LogP contribution in [0.25, 0.3) is 6.08 Å². The van der Waals surface area contributed by atoms with Crippen LogP contribution in [-0.4, -0.2) is 25.1 Å². The third-order valence-corrected chi connectivity index (χ3v) is 3.57. The summed E-state index contributed by atoms with van der Waals surface area (Å²) < 4.78 is 47.1. The van der Waals surface area contributed by atoms with Crippen LogP contribution in [0.1, 0.15) is 18.4 Å². The largest absolute Gasteiger partial charge is 0.573 e. The smallest absolute Gasteiger partial charge is 0.482 e. The van der Waals surface area contributed by atoms with Crippen LogP contribution >= 0.6 is 0 Å². The van der Waals surface area contributed by atoms with Crippen LogP contribution in [0.15, 0.2) is 24.3 Å². The van der Waals surface area contributed by atoms with E-state index in [-0.39, 0.29) is 5.75 Å². The molecule has 0 aromatic heterocycles. The fourth-order valence-electron chi connectivity index (χ4n) is 2.60. The zero-order valence-corrected chi connectivity index (χ0v) is 10.7. The molecule has 1 aromatic rings. The number of nitrogens with one attached hydrogen (secondary N) is 1. The minimum absolute atomic E-state index is 0.227. The fourth-order valence-corrected chi connectivity index (χ4v) is 2.60. The molecule has 1 aromatic carbocycles. The standard InChI is InChI=1S/C14H14F3NO2/c15-14(16,17)20-12-3-1-2-11-10(12)4-5-13(19-11)6-8-18-9-7-13/h1-5,18H,6-9H2. The lowest BCUT2D eigenvalue weighted by atomic mass is 9.89. The molecule has 2 aliphatic heterocycles. The second-order valence-electron chi connectivity index (χ2n) is 4.97. The van der Waals surface area contributed by atoms with Crippen molar-refractivity contribution in [1.82, 2.24) is 5.32 Å². The summed E-state index contributed by atoms with van der Waals surface area (Å²) in [4.78, 5) is 0. The molecule has 0 bridgehead atoms. The number of ether oxygens (including phenoxy) is 2. The van der Waals surface area contributed by atoms with E-state index in [1.165, 1.54) is 12.1 Å². The van der Waals surface area contributed by atoms with E-state index in [2.05, 4.69) is 10.1 Å². The Morgan fingerprint density at radius 2 is 1.95 bits per heavy atom. The van der Waals surface area contributed by atoms with E-state index in [0.717, 1.165) is 25.9 Å². The number of hydrogen-bond acceptors (Lipinski definition) is 3. The summed E-state index contributed by atoms with van der Waals surface area (Å²) in [7, 11) is 0. The molecule has 3 rings (SSSR count). The predicted molar refractivity (Wildman–Crippen MR) is 67.6 cm³/mol. The van der Waals surface area contributed by atoms with E-state index < -0.39 is 12.0 Å². The maximum Gasteiger partial charge on any atom is 0.573 e. The highest BCUT2D eigenvalue weighted by atomic mass is 19.4. The summed E-state index contributed by atoms with van der Waals surface area (Å²) in [5.41, 5.74) is -0.0660. The number of rotatable bonds is 1. The molecule has 6 heteroatoms. The van der Waals surface area contributed by atoms with Gasteiger partial charge in [0.15, 0.2) is 0 Å². The Bertz CT molecular complexity index is 534. The summed E-state index contributed by atoms with van der Waals surface area (Å²) in [5, 5.41) is 3.24. The maximum absolute atomic E-state index is 12.4. The van der Waals surface area contributed by atoms with Crippen LogP contribution in [0.3, 0.4) is 0 Å². The number of benzene rings is 1. The van der Waals surface area contributed by atoms with Gasteiger partial charge in [0.2, 0.25) is 0 Å². The molecule has 0 unspecified atom stereocenters. The third kappa shape index (κ3) is 2.60. The lowest BCUT2D eigenvalue weighted by Crippen LogP contribution is -2.45. The molecule has 2 heterocycles. The minimum atomic E-state index is -4.70. The molecule has 0 radical (unpaired) electrons. The molecule has 0 amide bonds. The summed E-state index contributed by atoms with van der Waals surface area (Å²) in [6, 6.07) is 4.47. The molecule has 0 atom stereocenters. The van der Waals surface area contributed by atoms with E-state index >= 15 is 0 Å². The van der Waals surface area contributed by atoms with Gasteiger partial charge in [-0.15, -0.1) is 13.2 Å². The highest BCUT2D eigenvalue weighted by Crippen LogP contribution is 2.41. The van der Waals surface area contributed by atoms with Gasteiger partial charge >= 0.3 is 6.36 Å². The highest BCUT2D eigenvalue weighted by molar-refractivity contribution is 5.67. The van der Waals surface area contributed by atoms with Gasteiger partial charge in [0, 0.05) is 12.8 Å². The normalized spacial score (nSPS) is 20.4. The maximum atomic E-state index is 12.4. The second kappa shape index (κ2) is 4.70. The van der Waals surface area contributed by atoms with Gasteiger partial charge in [0.05, 0.1) is 5.56 Å². The van der Waals surface area contributed by atoms with Crippen molar-refractivity contribution >= 4 is 6.08 Å². The van der Waals surface area contributed by atoms with Gasteiger partial charge in [-0.25, -0.2) is 0 Å². The first-order valence-corrected chi connectivity index (χ1v) is 6.45. The number of piperidine rings is 1. The second-order valence-corrected chi connectivity index (χ2v) is 4.97. The van der Waals surface area contributed by atoms with Crippen molar-refractivity contribution in [1.29, 1.82) is 0 Å². The van der Waals surface area contributed by atoms with Crippen LogP contribution in [-0.2, 0) is 0 Å². The van der Waals surface area contributed by atoms with Crippen molar-refractivity contribution in [2.45, 2.75) is 24.8 Å². The van der Waals surface area contributed by atoms with Gasteiger partial charge in [0.25, 0.3) is 0 Å². The first-order valence-electron chi connectivity index (χ1n) is 6.45. The van der Waals surface area contributed by atoms with Crippen molar-refractivity contribution < 1.29 is 22.6 Å². The SMILES string of the molecule is FC(F)(F)Oc1cccc2c1C=CC1(CCNCC1)O2. The van der Waals surface area contributed by atoms with Gasteiger partial charge in [-0.05, 0) is 37.4 Å². The molecule has 108 valence electrons. The Labute approximate surface area is 114 Å². The van der Waals surface area contributed by atoms with Gasteiger partial charge in [-0.3, -0.25) is 0 Å². The highest BCUT2D eigenvalue weighted by Gasteiger charge is 2.37. The molecule has 0 aliphatic carbocycles. The van der Waals surface area contributed by atoms with Crippen molar-refractivity contribution in [3.05, 3.63) is 29.8 Å². The quantitative estimate of drug-likeness (QED) is 0.860. The first kappa shape index (κ1) is 13.3. The van der Waals surface area contributed by atoms with E-state index in [1.807, 2.05) is 6.08 Å². The van der Waals surface area contributed by atoms with Gasteiger partial charge < -0.3 is 14.8 Å². The lowest BCUT2D eigenvalue weighted by molar-refractivity contribution is -0.274. The zero-order chi connectivity index (χ0) is 14.2. The number of hydrogen-bond donors (Lipinski definition) is 1. The van der Waals surface area contributed by atoms with Crippen LogP contribution in [0.5, 0.6) is 11.5 Å². The van der Waals surface area contributed by atoms with Crippen LogP contribution in [0, 0.1) is 0 Å². The van der Waals surface area contributed by atoms with Gasteiger partial charge in [-0.2, -0.15) is 0 Å². The van der Waals surface area contributed by atoms with Crippen LogP contribution in [0.4, 0.5) is 13.2 Å². The fraction of sp³-hybridized carbons (Fsp3) is 0.429. The predicted octanol–water partition coefficient (Wildman–Crippen LogP) is 3.11. The third-order valence-electron chi connectivity index (χ3n) is 3.57. The first-order chi connectivity index (χ1) is 9.48. The molecule has 1 spiro atoms. The average Bonchev–Trinajstić information content (AvgIpc) is 2.38. The minimum Gasteiger partial charge on any atom is -0.482 e. The van der Waals surface area contributed by atoms with Crippen molar-refractivity contribution in [3.63, 3.8) is 0 Å². The molecule has 1 fully saturated rings. The summed E-state index contributed by atoms with van der Waals surface area (Å²) in [6.45, 7) is 1.66. The molecule has 1 N–H and O–H groups in total. The summed E-state index contributed by atoms with van der Waals surface area (Å²) in [6.07, 6.45) is 0.415. The average molecular weight is 285 g/mol. The van der Waals surface area contributed by atoms with E-state index in [9.17, 15) is 13.2 Å². The molecule has 2 aliphatic rings. The summed E-state index contributed by atoms with van der Waals surface area (Å²) >= 11 is 0. The summed E-state index contributed by atoms with van der Waals surface area (Å²) in [5.74, 6) is 0.214. The zero-order valence-electron chi connectivity index (χ0n) is 10.7. The van der Waals surface area contributed by atoms with Crippen LogP contribution < -0.4 is 14.8 Å². The number of fused-ring (bicyclic) bond motifs is 1. The number of halogens is 3. The Balaban J connectivity index is 1.91. The van der Waals surface area contributed by atoms with E-state index in [4.69, 9.17) is 4.74 Å². The Hall–Kier alpha value is -1.69. The molecular formula is C14H14F3NO2. The Morgan fingerprint density at radius 1 is 1.20 bits per heavy atom. The molecule has 0 saturated carbocycles.